The number of hydrogen-bond donors (Lipinski definition) is 5. The van der Waals surface area contributed by atoms with Crippen molar-refractivity contribution < 1.29 is 104 Å². The fraction of sp³-hybridized carbons (Fsp3) is 0.594. The number of cyclic esters (lactones) is 1. The molecule has 1 saturated carbocycles. The normalized spacial score (nSPS) is 24.4. The number of allylic oxidation sites excluding steroid dienone is 7. The highest BCUT2D eigenvalue weighted by atomic mass is 19.4. The first kappa shape index (κ1) is 107. The number of aliphatic hydroxyl groups is 1. The van der Waals surface area contributed by atoms with E-state index in [-0.39, 0.29) is 123 Å². The maximum atomic E-state index is 15.0. The van der Waals surface area contributed by atoms with Gasteiger partial charge in [0.1, 0.15) is 29.8 Å². The number of piperazine rings is 1. The van der Waals surface area contributed by atoms with Crippen LogP contribution in [0.25, 0.3) is 38.8 Å². The molecule has 4 aromatic heterocycles. The van der Waals surface area contributed by atoms with E-state index in [2.05, 4.69) is 40.7 Å². The number of benzene rings is 2. The van der Waals surface area contributed by atoms with Crippen molar-refractivity contribution in [2.45, 2.75) is 218 Å². The summed E-state index contributed by atoms with van der Waals surface area (Å²) >= 11 is 0. The number of Topliss-reactive ketones (excluding diaryl/α,β-unsaturated/α-hetero) is 3. The van der Waals surface area contributed by atoms with Gasteiger partial charge in [-0.3, -0.25) is 33.5 Å². The molecule has 137 heavy (non-hydrogen) atoms. The van der Waals surface area contributed by atoms with Crippen LogP contribution in [0, 0.1) is 29.2 Å². The molecule has 2 unspecified atom stereocenters. The lowest BCUT2D eigenvalue weighted by Gasteiger charge is -2.37. The molecule has 2 bridgehead atoms. The number of esters is 1. The van der Waals surface area contributed by atoms with Crippen LogP contribution in [0.1, 0.15) is 168 Å². The fourth-order valence-corrected chi connectivity index (χ4v) is 18.0. The van der Waals surface area contributed by atoms with Crippen LogP contribution in [0.2, 0.25) is 0 Å². The summed E-state index contributed by atoms with van der Waals surface area (Å²) < 4.78 is 116. The number of anilines is 2. The quantitative estimate of drug-likeness (QED) is 0.00782. The van der Waals surface area contributed by atoms with E-state index < -0.39 is 65.4 Å². The van der Waals surface area contributed by atoms with Crippen molar-refractivity contribution in [1.82, 2.24) is 45.0 Å². The summed E-state index contributed by atoms with van der Waals surface area (Å²) in [7, 11) is 4.83. The lowest BCUT2D eigenvalue weighted by Crippen LogP contribution is -2.54. The molecular weight excluding hydrogens is 1770 g/mol. The summed E-state index contributed by atoms with van der Waals surface area (Å²) in [6, 6.07) is 12.0. The number of aromatic nitrogens is 6. The van der Waals surface area contributed by atoms with E-state index in [1.807, 2.05) is 74.3 Å². The second kappa shape index (κ2) is 55.4. The highest BCUT2D eigenvalue weighted by molar-refractivity contribution is 6.38. The lowest BCUT2D eigenvalue weighted by molar-refractivity contribution is -0.167. The second-order valence-corrected chi connectivity index (χ2v) is 35.9. The number of ketones is 3. The Hall–Kier alpha value is -10.4. The number of ether oxygens (including phenoxy) is 12. The highest BCUT2D eigenvalue weighted by Gasteiger charge is 2.43. The number of carbonyl (C=O) groups is 6. The SMILES string of the molecule is COc1ccc(-c2ccc3ncc4[nH]c(=O)n(-c5ccc(N6CCN(c7ncc(CNC(=O)CCOCCOCCOCCOCCOCCOCCN/C=C(/CCCCO[C@@H]8CC[C@@H](CC[C@@H]9CC(=O)[C@H](C)/C=C(\C)[C@@H](O)CC(=O)[C@H](C)C[C@H](C)/C=C/C=C/C=C(\C)[C@@H](OC)CC%10CCCC(O%10)C(=O)C(=O)N%10CCCC[C@H]%10C(=O)O9)C[C@H]8OC)N=N)cn7)CC6)c(C(F)(F)F)c5)c4c3c2)cn1. The van der Waals surface area contributed by atoms with Gasteiger partial charge in [0.05, 0.1) is 157 Å². The van der Waals surface area contributed by atoms with Crippen LogP contribution in [0.4, 0.5) is 24.8 Å². The van der Waals surface area contributed by atoms with Gasteiger partial charge in [0, 0.05) is 157 Å². The van der Waals surface area contributed by atoms with Crippen molar-refractivity contribution in [1.29, 1.82) is 5.53 Å². The van der Waals surface area contributed by atoms with Crippen LogP contribution < -0.4 is 30.9 Å². The molecule has 2 aromatic carbocycles. The molecule has 36 heteroatoms. The standard InChI is InChI=1S/C101H138F3N13O20/c1-67-17-10-9-11-18-68(2)91(126-6)59-78-20-16-22-90(136-78)96(122)97(123)116-35-14-12-21-85(116)98(124)137-79(58-86(118)70(4)54-71(5)88(120)60-87(119)69(3)53-67)28-23-72-24-31-89(92(55-72)127-7)135-40-15-13-19-76(113-105)65-106-34-42-130-44-46-132-48-50-134-52-51-133-49-47-131-45-43-129-41-33-93(121)108-61-73-62-110-99(111-63-73)115-38-36-114(37-39-115)84-30-27-77(57-81(84)101(102,103)104)117-95-80-56-74(75-26-32-94(128-8)109-64-75)25-29-82(80)107-66-83(95)112-100(117)125/h9-11,17-18,25-27,29-30,32,54,56-57,62-67,69-70,72,78-79,85,88-92,105-106,120H,12-16,19-24,28,31,33-53,55,58-61H2,1-8H3,(H,108,121)(H,112,125)/b11-9+,17-10+,68-18+,71-54+,76-65-,113-105?/t67-,69-,70-,72-,78?,79-,85+,88+,89-,90?,91+,92-/m1/s1. The number of fused-ring (bicyclic) bond motifs is 6. The van der Waals surface area contributed by atoms with Gasteiger partial charge in [-0.25, -0.2) is 30.1 Å². The van der Waals surface area contributed by atoms with Crippen LogP contribution >= 0.6 is 0 Å². The molecule has 3 saturated heterocycles. The van der Waals surface area contributed by atoms with Gasteiger partial charge in [0.15, 0.2) is 0 Å². The van der Waals surface area contributed by atoms with Gasteiger partial charge in [-0.2, -0.15) is 18.3 Å². The predicted octanol–water partition coefficient (Wildman–Crippen LogP) is 13.6. The highest BCUT2D eigenvalue weighted by Crippen LogP contribution is 2.41. The van der Waals surface area contributed by atoms with Gasteiger partial charge in [-0.1, -0.05) is 63.3 Å². The topological polar surface area (TPSA) is 393 Å². The third kappa shape index (κ3) is 32.9. The average molecular weight is 1910 g/mol. The Morgan fingerprint density at radius 1 is 0.672 bits per heavy atom. The van der Waals surface area contributed by atoms with E-state index in [1.54, 1.807) is 76.0 Å². The third-order valence-corrected chi connectivity index (χ3v) is 25.9. The van der Waals surface area contributed by atoms with Crippen LogP contribution in [-0.2, 0) is 93.6 Å². The Labute approximate surface area is 799 Å². The summed E-state index contributed by atoms with van der Waals surface area (Å²) in [6.45, 7) is 16.2. The van der Waals surface area contributed by atoms with Crippen LogP contribution in [0.5, 0.6) is 5.88 Å². The first-order valence-electron chi connectivity index (χ1n) is 48.2. The first-order chi connectivity index (χ1) is 66.3. The number of nitrogens with zero attached hydrogens (tertiary/aromatic N) is 9. The number of hydrogen-bond acceptors (Lipinski definition) is 29. The van der Waals surface area contributed by atoms with Gasteiger partial charge < -0.3 is 92.3 Å². The molecule has 4 fully saturated rings. The Morgan fingerprint density at radius 2 is 1.38 bits per heavy atom. The van der Waals surface area contributed by atoms with Crippen molar-refractivity contribution in [3.8, 4) is 22.7 Å². The van der Waals surface area contributed by atoms with E-state index in [1.165, 1.54) is 34.9 Å². The average Bonchev–Trinajstić information content (AvgIpc) is 1.60. The number of nitrogens with one attached hydrogen (secondary N) is 4. The van der Waals surface area contributed by atoms with Crippen LogP contribution in [-0.4, -0.2) is 270 Å². The van der Waals surface area contributed by atoms with Gasteiger partial charge in [0.2, 0.25) is 23.5 Å². The maximum Gasteiger partial charge on any atom is 0.418 e. The number of piperidine rings is 1. The summed E-state index contributed by atoms with van der Waals surface area (Å²) in [5.41, 5.74) is 11.9. The Bertz CT molecular complexity index is 5100. The monoisotopic (exact) mass is 1910 g/mol. The van der Waals surface area contributed by atoms with Gasteiger partial charge in [-0.05, 0) is 175 Å². The number of H-pyrrole nitrogens is 1. The molecule has 0 spiro atoms. The van der Waals surface area contributed by atoms with Crippen molar-refractivity contribution in [2.75, 3.05) is 156 Å². The van der Waals surface area contributed by atoms with E-state index in [0.29, 0.717) is 227 Å². The number of rotatable bonds is 41. The smallest absolute Gasteiger partial charge is 0.418 e. The molecule has 4 aliphatic heterocycles. The predicted molar refractivity (Wildman–Crippen MR) is 509 cm³/mol. The molecule has 5 aliphatic rings. The number of amides is 2. The number of methoxy groups -OCH3 is 3. The molecule has 5 N–H and O–H groups in total. The van der Waals surface area contributed by atoms with Crippen molar-refractivity contribution >= 4 is 68.7 Å². The number of halogens is 3. The van der Waals surface area contributed by atoms with E-state index >= 15 is 13.2 Å². The zero-order valence-electron chi connectivity index (χ0n) is 80.3. The van der Waals surface area contributed by atoms with Gasteiger partial charge in [0.25, 0.3) is 5.91 Å². The molecule has 0 radical (unpaired) electrons. The zero-order valence-corrected chi connectivity index (χ0v) is 80.3. The summed E-state index contributed by atoms with van der Waals surface area (Å²) in [4.78, 5) is 122. The second-order valence-electron chi connectivity index (χ2n) is 35.9. The van der Waals surface area contributed by atoms with Crippen LogP contribution in [0.3, 0.4) is 0 Å². The molecule has 2 amide bonds. The van der Waals surface area contributed by atoms with Gasteiger partial charge in [-0.15, -0.1) is 0 Å². The van der Waals surface area contributed by atoms with E-state index in [9.17, 15) is 38.7 Å². The third-order valence-electron chi connectivity index (χ3n) is 25.9. The number of aliphatic hydroxyl groups excluding tert-OH is 1. The minimum Gasteiger partial charge on any atom is -0.481 e. The fourth-order valence-electron chi connectivity index (χ4n) is 18.0. The molecule has 8 heterocycles. The largest absolute Gasteiger partial charge is 0.481 e. The number of unbranched alkanes of at least 4 members (excludes halogenated alkanes) is 1. The first-order valence-corrected chi connectivity index (χ1v) is 48.2. The van der Waals surface area contributed by atoms with E-state index in [0.717, 1.165) is 48.4 Å². The molecule has 6 aromatic rings. The zero-order chi connectivity index (χ0) is 97.6. The Balaban J connectivity index is 0.498. The number of pyridine rings is 2. The molecule has 33 nitrogen and oxygen atoms in total. The van der Waals surface area contributed by atoms with Gasteiger partial charge >= 0.3 is 17.8 Å². The Kier molecular flexibility index (Phi) is 43.3. The minimum atomic E-state index is -4.75. The van der Waals surface area contributed by atoms with Crippen molar-refractivity contribution in [3.05, 3.63) is 154 Å². The Morgan fingerprint density at radius 3 is 2.07 bits per heavy atom. The molecule has 11 rings (SSSR count). The summed E-state index contributed by atoms with van der Waals surface area (Å²) in [6.07, 6.45) is 20.5. The number of carbonyl (C=O) groups excluding carboxylic acids is 6. The van der Waals surface area contributed by atoms with E-state index in [4.69, 9.17) is 62.4 Å². The number of imidazole rings is 1. The van der Waals surface area contributed by atoms with Crippen molar-refractivity contribution in [3.63, 3.8) is 0 Å². The number of alkyl halides is 3. The summed E-state index contributed by atoms with van der Waals surface area (Å²) in [5.74, 6) is -2.54. The summed E-state index contributed by atoms with van der Waals surface area (Å²) in [5, 5.41) is 21.6. The number of aromatic amines is 1. The maximum absolute atomic E-state index is 15.0. The molecular formula is C101H138F3N13O20. The molecule has 748 valence electrons. The van der Waals surface area contributed by atoms with Crippen molar-refractivity contribution in [2.24, 2.45) is 28.8 Å². The lowest BCUT2D eigenvalue weighted by atomic mass is 9.81. The molecule has 1 aliphatic carbocycles. The molecule has 12 atom stereocenters. The minimum absolute atomic E-state index is 0.0117. The van der Waals surface area contributed by atoms with Crippen LogP contribution in [0.15, 0.2) is 143 Å².